The summed E-state index contributed by atoms with van der Waals surface area (Å²) in [6.07, 6.45) is 3.88. The average Bonchev–Trinajstić information content (AvgIpc) is 3.08. The molecule has 0 saturated carbocycles. The summed E-state index contributed by atoms with van der Waals surface area (Å²) in [6, 6.07) is 12.0. The first-order valence-electron chi connectivity index (χ1n) is 8.78. The van der Waals surface area contributed by atoms with Crippen molar-refractivity contribution in [2.75, 3.05) is 13.7 Å². The Balaban J connectivity index is 1.49. The number of benzene rings is 1. The molecule has 1 aliphatic carbocycles. The quantitative estimate of drug-likeness (QED) is 0.685. The zero-order valence-electron chi connectivity index (χ0n) is 14.7. The molecular weight excluding hydrogens is 370 g/mol. The van der Waals surface area contributed by atoms with E-state index in [-0.39, 0.29) is 30.9 Å². The van der Waals surface area contributed by atoms with Gasteiger partial charge >= 0.3 is 5.97 Å². The summed E-state index contributed by atoms with van der Waals surface area (Å²) in [5.41, 5.74) is 2.51. The maximum atomic E-state index is 12.5. The topological polar surface area (TPSA) is 46.6 Å². The number of halogens is 1. The highest BCUT2D eigenvalue weighted by Gasteiger charge is 2.26. The zero-order chi connectivity index (χ0) is 18.5. The third-order valence-electron chi connectivity index (χ3n) is 4.76. The molecule has 138 valence electrons. The van der Waals surface area contributed by atoms with Crippen LogP contribution < -0.4 is 0 Å². The van der Waals surface area contributed by atoms with Gasteiger partial charge in [0.25, 0.3) is 5.91 Å². The fourth-order valence-corrected chi connectivity index (χ4v) is 4.42. The van der Waals surface area contributed by atoms with E-state index in [2.05, 4.69) is 12.1 Å². The number of carbonyl (C=O) groups is 2. The molecule has 0 aliphatic heterocycles. The van der Waals surface area contributed by atoms with Gasteiger partial charge in [-0.05, 0) is 48.9 Å². The van der Waals surface area contributed by atoms with Gasteiger partial charge in [-0.15, -0.1) is 11.3 Å². The van der Waals surface area contributed by atoms with E-state index in [0.717, 1.165) is 24.1 Å². The van der Waals surface area contributed by atoms with Gasteiger partial charge in [0, 0.05) is 11.9 Å². The molecule has 1 aromatic carbocycles. The van der Waals surface area contributed by atoms with Gasteiger partial charge in [-0.1, -0.05) is 35.9 Å². The van der Waals surface area contributed by atoms with E-state index in [0.29, 0.717) is 10.8 Å². The van der Waals surface area contributed by atoms with Crippen LogP contribution in [-0.2, 0) is 27.2 Å². The molecule has 0 fully saturated rings. The van der Waals surface area contributed by atoms with Gasteiger partial charge in [-0.3, -0.25) is 9.59 Å². The molecule has 1 aliphatic rings. The Morgan fingerprint density at radius 1 is 1.27 bits per heavy atom. The van der Waals surface area contributed by atoms with Crippen molar-refractivity contribution in [3.63, 3.8) is 0 Å². The van der Waals surface area contributed by atoms with Crippen molar-refractivity contribution < 1.29 is 14.3 Å². The molecule has 1 amide bonds. The summed E-state index contributed by atoms with van der Waals surface area (Å²) < 4.78 is 5.88. The van der Waals surface area contributed by atoms with Crippen LogP contribution in [0.2, 0.25) is 4.34 Å². The monoisotopic (exact) mass is 391 g/mol. The molecule has 0 saturated heterocycles. The van der Waals surface area contributed by atoms with Gasteiger partial charge in [0.2, 0.25) is 0 Å². The number of hydrogen-bond acceptors (Lipinski definition) is 4. The van der Waals surface area contributed by atoms with Crippen molar-refractivity contribution in [2.45, 2.75) is 38.1 Å². The number of nitrogens with zero attached hydrogens (tertiary/aromatic N) is 1. The minimum absolute atomic E-state index is 0.0550. The molecule has 1 heterocycles. The Hall–Kier alpha value is -1.85. The number of esters is 1. The number of ether oxygens (including phenoxy) is 1. The number of carbonyl (C=O) groups excluding carboxylic acids is 2. The van der Waals surface area contributed by atoms with Crippen molar-refractivity contribution in [1.29, 1.82) is 0 Å². The third-order valence-corrected chi connectivity index (χ3v) is 6.05. The summed E-state index contributed by atoms with van der Waals surface area (Å²) in [4.78, 5) is 27.1. The van der Waals surface area contributed by atoms with E-state index in [1.807, 2.05) is 24.3 Å². The number of fused-ring (bicyclic) bond motifs is 1. The lowest BCUT2D eigenvalue weighted by Gasteiger charge is -2.33. The van der Waals surface area contributed by atoms with Crippen LogP contribution in [0.1, 0.15) is 41.3 Å². The van der Waals surface area contributed by atoms with E-state index < -0.39 is 0 Å². The molecule has 26 heavy (non-hydrogen) atoms. The highest BCUT2D eigenvalue weighted by atomic mass is 35.5. The van der Waals surface area contributed by atoms with E-state index in [9.17, 15) is 9.59 Å². The lowest BCUT2D eigenvalue weighted by atomic mass is 9.87. The molecule has 1 atom stereocenters. The maximum absolute atomic E-state index is 12.5. The van der Waals surface area contributed by atoms with Crippen LogP contribution in [-0.4, -0.2) is 30.4 Å². The van der Waals surface area contributed by atoms with Crippen LogP contribution in [0.3, 0.4) is 0 Å². The smallest absolute Gasteiger partial charge is 0.306 e. The molecular formula is C20H22ClNO3S. The summed E-state index contributed by atoms with van der Waals surface area (Å²) in [6.45, 7) is -0.209. The largest absolute Gasteiger partial charge is 0.456 e. The van der Waals surface area contributed by atoms with Crippen LogP contribution in [0.25, 0.3) is 0 Å². The predicted molar refractivity (Wildman–Crippen MR) is 104 cm³/mol. The second kappa shape index (κ2) is 8.69. The van der Waals surface area contributed by atoms with Gasteiger partial charge in [-0.2, -0.15) is 0 Å². The van der Waals surface area contributed by atoms with E-state index >= 15 is 0 Å². The molecule has 2 aromatic rings. The molecule has 0 N–H and O–H groups in total. The Kier molecular flexibility index (Phi) is 6.33. The minimum Gasteiger partial charge on any atom is -0.456 e. The summed E-state index contributed by atoms with van der Waals surface area (Å²) >= 11 is 7.33. The van der Waals surface area contributed by atoms with Crippen LogP contribution >= 0.6 is 22.9 Å². The number of likely N-dealkylation sites (N-methyl/N-ethyl adjacent to an activating group) is 1. The van der Waals surface area contributed by atoms with Crippen LogP contribution in [0.5, 0.6) is 0 Å². The Bertz CT molecular complexity index is 789. The highest BCUT2D eigenvalue weighted by Crippen LogP contribution is 2.33. The molecule has 4 nitrogen and oxygen atoms in total. The SMILES string of the molecule is CN(C(=O)COC(=O)CCc1ccc(Cl)s1)C1CCCc2ccccc21. The van der Waals surface area contributed by atoms with Gasteiger partial charge in [0.05, 0.1) is 16.8 Å². The van der Waals surface area contributed by atoms with Crippen molar-refractivity contribution >= 4 is 34.8 Å². The van der Waals surface area contributed by atoms with Gasteiger partial charge in [0.1, 0.15) is 0 Å². The molecule has 1 unspecified atom stereocenters. The first-order valence-corrected chi connectivity index (χ1v) is 9.97. The lowest BCUT2D eigenvalue weighted by molar-refractivity contribution is -0.152. The summed E-state index contributed by atoms with van der Waals surface area (Å²) in [7, 11) is 1.79. The molecule has 1 aromatic heterocycles. The predicted octanol–water partition coefficient (Wildman–Crippen LogP) is 4.41. The number of amides is 1. The maximum Gasteiger partial charge on any atom is 0.306 e. The van der Waals surface area contributed by atoms with E-state index in [4.69, 9.17) is 16.3 Å². The zero-order valence-corrected chi connectivity index (χ0v) is 16.3. The van der Waals surface area contributed by atoms with Crippen LogP contribution in [0.4, 0.5) is 0 Å². The number of aryl methyl sites for hydroxylation is 2. The fraction of sp³-hybridized carbons (Fsp3) is 0.400. The van der Waals surface area contributed by atoms with E-state index in [1.165, 1.54) is 22.5 Å². The van der Waals surface area contributed by atoms with Crippen LogP contribution in [0.15, 0.2) is 36.4 Å². The standard InChI is InChI=1S/C20H22ClNO3S/c1-22(17-8-4-6-14-5-2-3-7-16(14)17)19(23)13-25-20(24)12-10-15-9-11-18(21)26-15/h2-3,5,7,9,11,17H,4,6,8,10,12-13H2,1H3. The van der Waals surface area contributed by atoms with Gasteiger partial charge < -0.3 is 9.64 Å². The number of thiophene rings is 1. The average molecular weight is 392 g/mol. The Morgan fingerprint density at radius 2 is 2.08 bits per heavy atom. The summed E-state index contributed by atoms with van der Waals surface area (Å²) in [5, 5.41) is 0. The first-order chi connectivity index (χ1) is 12.5. The van der Waals surface area contributed by atoms with Crippen LogP contribution in [0, 0.1) is 0 Å². The minimum atomic E-state index is -0.361. The Labute approximate surface area is 162 Å². The van der Waals surface area contributed by atoms with Crippen molar-refractivity contribution in [1.82, 2.24) is 4.90 Å². The van der Waals surface area contributed by atoms with Crippen molar-refractivity contribution in [2.24, 2.45) is 0 Å². The van der Waals surface area contributed by atoms with Gasteiger partial charge in [0.15, 0.2) is 6.61 Å². The normalized spacial score (nSPS) is 16.0. The first kappa shape index (κ1) is 18.9. The van der Waals surface area contributed by atoms with Crippen molar-refractivity contribution in [3.8, 4) is 0 Å². The molecule has 0 radical (unpaired) electrons. The summed E-state index contributed by atoms with van der Waals surface area (Å²) in [5.74, 6) is -0.528. The second-order valence-corrected chi connectivity index (χ2v) is 8.28. The molecule has 0 bridgehead atoms. The van der Waals surface area contributed by atoms with Gasteiger partial charge in [-0.25, -0.2) is 0 Å². The van der Waals surface area contributed by atoms with E-state index in [1.54, 1.807) is 11.9 Å². The molecule has 0 spiro atoms. The fourth-order valence-electron chi connectivity index (χ4n) is 3.33. The lowest BCUT2D eigenvalue weighted by Crippen LogP contribution is -2.36. The molecule has 3 rings (SSSR count). The second-order valence-electron chi connectivity index (χ2n) is 6.48. The molecule has 6 heteroatoms. The number of hydrogen-bond donors (Lipinski definition) is 0. The third kappa shape index (κ3) is 4.65. The Morgan fingerprint density at radius 3 is 2.85 bits per heavy atom. The highest BCUT2D eigenvalue weighted by molar-refractivity contribution is 7.16. The van der Waals surface area contributed by atoms with Crippen molar-refractivity contribution in [3.05, 3.63) is 56.7 Å². The number of rotatable bonds is 6.